The Bertz CT molecular complexity index is 621. The van der Waals surface area contributed by atoms with Gasteiger partial charge in [-0.25, -0.2) is 9.59 Å². The number of methoxy groups -OCH3 is 1. The van der Waals surface area contributed by atoms with Crippen LogP contribution in [-0.4, -0.2) is 19.1 Å². The van der Waals surface area contributed by atoms with Gasteiger partial charge in [-0.2, -0.15) is 0 Å². The van der Waals surface area contributed by atoms with Crippen molar-refractivity contribution in [1.82, 2.24) is 10.6 Å². The number of carbonyl (C=O) groups excluding carboxylic acids is 2. The Morgan fingerprint density at radius 1 is 1.32 bits per heavy atom. The van der Waals surface area contributed by atoms with Gasteiger partial charge in [0.15, 0.2) is 0 Å². The monoisotopic (exact) mass is 260 g/mol. The lowest BCUT2D eigenvalue weighted by atomic mass is 9.92. The lowest BCUT2D eigenvalue weighted by Crippen LogP contribution is -2.47. The third-order valence-corrected chi connectivity index (χ3v) is 3.22. The van der Waals surface area contributed by atoms with Crippen LogP contribution in [0.25, 0.3) is 0 Å². The summed E-state index contributed by atoms with van der Waals surface area (Å²) in [5, 5.41) is 5.29. The van der Waals surface area contributed by atoms with E-state index in [-0.39, 0.29) is 6.03 Å². The molecule has 2 aliphatic heterocycles. The highest BCUT2D eigenvalue weighted by Crippen LogP contribution is 2.39. The fourth-order valence-electron chi connectivity index (χ4n) is 2.32. The first kappa shape index (κ1) is 11.6. The fourth-order valence-corrected chi connectivity index (χ4v) is 2.32. The molecule has 1 atom stereocenters. The van der Waals surface area contributed by atoms with E-state index in [2.05, 4.69) is 10.6 Å². The number of carbonyl (C=O) groups is 2. The topological polar surface area (TPSA) is 76.7 Å². The first-order chi connectivity index (χ1) is 9.10. The summed E-state index contributed by atoms with van der Waals surface area (Å²) in [6, 6.07) is 4.37. The van der Waals surface area contributed by atoms with Crippen LogP contribution in [0.15, 0.2) is 29.5 Å². The van der Waals surface area contributed by atoms with Crippen molar-refractivity contribution in [2.75, 3.05) is 7.11 Å². The predicted octanol–water partition coefficient (Wildman–Crippen LogP) is 1.24. The van der Waals surface area contributed by atoms with Gasteiger partial charge in [-0.3, -0.25) is 0 Å². The second-order valence-corrected chi connectivity index (χ2v) is 4.36. The summed E-state index contributed by atoms with van der Waals surface area (Å²) in [5.74, 6) is 0.541. The van der Waals surface area contributed by atoms with E-state index in [1.165, 1.54) is 7.11 Å². The van der Waals surface area contributed by atoms with Gasteiger partial charge in [0.05, 0.1) is 18.7 Å². The number of allylic oxidation sites excluding steroid dienone is 1. The minimum atomic E-state index is -0.476. The normalized spacial score (nSPS) is 20.8. The molecule has 1 unspecified atom stereocenters. The van der Waals surface area contributed by atoms with Crippen LogP contribution in [0.2, 0.25) is 0 Å². The highest BCUT2D eigenvalue weighted by atomic mass is 16.5. The Hall–Kier alpha value is -2.50. The molecule has 0 fully saturated rings. The van der Waals surface area contributed by atoms with Gasteiger partial charge < -0.3 is 20.1 Å². The molecule has 19 heavy (non-hydrogen) atoms. The number of amides is 2. The molecule has 0 saturated heterocycles. The average Bonchev–Trinajstić information content (AvgIpc) is 2.37. The molecule has 2 N–H and O–H groups in total. The molecule has 2 heterocycles. The number of nitrogens with one attached hydrogen (secondary N) is 2. The van der Waals surface area contributed by atoms with Crippen LogP contribution in [0.1, 0.15) is 18.5 Å². The number of rotatable bonds is 1. The zero-order valence-corrected chi connectivity index (χ0v) is 10.4. The predicted molar refractivity (Wildman–Crippen MR) is 65.7 cm³/mol. The van der Waals surface area contributed by atoms with Gasteiger partial charge in [0.2, 0.25) is 0 Å². The van der Waals surface area contributed by atoms with Gasteiger partial charge in [0.1, 0.15) is 11.5 Å². The molecule has 2 aliphatic rings. The molecule has 6 heteroatoms. The van der Waals surface area contributed by atoms with Crippen molar-refractivity contribution in [3.05, 3.63) is 35.0 Å². The maximum absolute atomic E-state index is 12.0. The summed E-state index contributed by atoms with van der Waals surface area (Å²) in [4.78, 5) is 23.5. The smallest absolute Gasteiger partial charge is 0.343 e. The maximum atomic E-state index is 12.0. The van der Waals surface area contributed by atoms with E-state index in [0.717, 1.165) is 5.56 Å². The number of urea groups is 1. The summed E-state index contributed by atoms with van der Waals surface area (Å²) >= 11 is 0. The van der Waals surface area contributed by atoms with Gasteiger partial charge >= 0.3 is 12.0 Å². The minimum absolute atomic E-state index is 0.331. The zero-order valence-electron chi connectivity index (χ0n) is 10.4. The minimum Gasteiger partial charge on any atom is -0.497 e. The van der Waals surface area contributed by atoms with Crippen molar-refractivity contribution in [2.24, 2.45) is 0 Å². The summed E-state index contributed by atoms with van der Waals surface area (Å²) in [6.07, 6.45) is 0. The van der Waals surface area contributed by atoms with Crippen LogP contribution in [0.4, 0.5) is 4.79 Å². The SMILES string of the molecule is COc1ccc2c(c1)OC(=O)C1=C(C)NC(=O)NC12. The number of ether oxygens (including phenoxy) is 2. The maximum Gasteiger partial charge on any atom is 0.343 e. The standard InChI is InChI=1S/C13H12N2O4/c1-6-10-11(15-13(17)14-6)8-4-3-7(18-2)5-9(8)19-12(10)16/h3-5,11H,1-2H3,(H2,14,15,17). The molecule has 6 nitrogen and oxygen atoms in total. The second-order valence-electron chi connectivity index (χ2n) is 4.36. The molecular weight excluding hydrogens is 248 g/mol. The van der Waals surface area contributed by atoms with Crippen molar-refractivity contribution in [2.45, 2.75) is 13.0 Å². The van der Waals surface area contributed by atoms with E-state index in [0.29, 0.717) is 22.8 Å². The molecule has 0 bridgehead atoms. The van der Waals surface area contributed by atoms with Gasteiger partial charge in [0, 0.05) is 17.3 Å². The van der Waals surface area contributed by atoms with Crippen molar-refractivity contribution < 1.29 is 19.1 Å². The van der Waals surface area contributed by atoms with E-state index in [1.807, 2.05) is 0 Å². The molecule has 1 aromatic rings. The molecule has 0 radical (unpaired) electrons. The molecular formula is C13H12N2O4. The van der Waals surface area contributed by atoms with Gasteiger partial charge in [0.25, 0.3) is 0 Å². The Kier molecular flexibility index (Phi) is 2.45. The van der Waals surface area contributed by atoms with Crippen LogP contribution in [0.3, 0.4) is 0 Å². The quantitative estimate of drug-likeness (QED) is 0.588. The van der Waals surface area contributed by atoms with Crippen LogP contribution < -0.4 is 20.1 Å². The van der Waals surface area contributed by atoms with Crippen LogP contribution in [0.5, 0.6) is 11.5 Å². The van der Waals surface area contributed by atoms with Crippen molar-refractivity contribution >= 4 is 12.0 Å². The summed E-state index contributed by atoms with van der Waals surface area (Å²) in [5.41, 5.74) is 1.68. The average molecular weight is 260 g/mol. The van der Waals surface area contributed by atoms with Crippen molar-refractivity contribution in [3.63, 3.8) is 0 Å². The number of esters is 1. The molecule has 2 amide bonds. The number of fused-ring (bicyclic) bond motifs is 3. The zero-order chi connectivity index (χ0) is 13.6. The lowest BCUT2D eigenvalue weighted by Gasteiger charge is -2.32. The van der Waals surface area contributed by atoms with Crippen LogP contribution in [0, 0.1) is 0 Å². The first-order valence-electron chi connectivity index (χ1n) is 5.78. The largest absolute Gasteiger partial charge is 0.497 e. The van der Waals surface area contributed by atoms with Gasteiger partial charge in [-0.15, -0.1) is 0 Å². The number of benzene rings is 1. The third kappa shape index (κ3) is 1.72. The molecule has 0 aromatic heterocycles. The van der Waals surface area contributed by atoms with Crippen molar-refractivity contribution in [1.29, 1.82) is 0 Å². The van der Waals surface area contributed by atoms with E-state index in [1.54, 1.807) is 25.1 Å². The van der Waals surface area contributed by atoms with Gasteiger partial charge in [-0.1, -0.05) is 0 Å². The molecule has 3 rings (SSSR count). The fraction of sp³-hybridized carbons (Fsp3) is 0.231. The number of hydrogen-bond donors (Lipinski definition) is 2. The Morgan fingerprint density at radius 2 is 2.11 bits per heavy atom. The van der Waals surface area contributed by atoms with Crippen LogP contribution >= 0.6 is 0 Å². The van der Waals surface area contributed by atoms with E-state index in [9.17, 15) is 9.59 Å². The summed E-state index contributed by atoms with van der Waals surface area (Å²) in [6.45, 7) is 1.68. The number of hydrogen-bond acceptors (Lipinski definition) is 4. The van der Waals surface area contributed by atoms with Crippen LogP contribution in [-0.2, 0) is 4.79 Å². The molecule has 1 aromatic carbocycles. The van der Waals surface area contributed by atoms with E-state index in [4.69, 9.17) is 9.47 Å². The second kappa shape index (κ2) is 4.01. The Balaban J connectivity index is 2.15. The van der Waals surface area contributed by atoms with E-state index < -0.39 is 12.0 Å². The molecule has 0 spiro atoms. The first-order valence-corrected chi connectivity index (χ1v) is 5.78. The Labute approximate surface area is 109 Å². The Morgan fingerprint density at radius 3 is 2.84 bits per heavy atom. The van der Waals surface area contributed by atoms with Crippen molar-refractivity contribution in [3.8, 4) is 11.5 Å². The third-order valence-electron chi connectivity index (χ3n) is 3.22. The highest BCUT2D eigenvalue weighted by Gasteiger charge is 2.38. The molecule has 0 saturated carbocycles. The molecule has 0 aliphatic carbocycles. The highest BCUT2D eigenvalue weighted by molar-refractivity contribution is 5.98. The lowest BCUT2D eigenvalue weighted by molar-refractivity contribution is -0.131. The summed E-state index contributed by atoms with van der Waals surface area (Å²) in [7, 11) is 1.54. The summed E-state index contributed by atoms with van der Waals surface area (Å²) < 4.78 is 10.4. The van der Waals surface area contributed by atoms with E-state index >= 15 is 0 Å². The van der Waals surface area contributed by atoms with Gasteiger partial charge in [-0.05, 0) is 19.1 Å². The molecule has 98 valence electrons.